The summed E-state index contributed by atoms with van der Waals surface area (Å²) in [5.74, 6) is 0. The molecule has 0 N–H and O–H groups in total. The zero-order chi connectivity index (χ0) is 8.97. The van der Waals surface area contributed by atoms with E-state index in [4.69, 9.17) is 0 Å². The van der Waals surface area contributed by atoms with Crippen molar-refractivity contribution in [3.63, 3.8) is 0 Å². The number of allylic oxidation sites excluding steroid dienone is 4. The van der Waals surface area contributed by atoms with E-state index in [0.29, 0.717) is 0 Å². The minimum atomic E-state index is 1.08. The topological polar surface area (TPSA) is 0 Å². The summed E-state index contributed by atoms with van der Waals surface area (Å²) < 4.78 is 0. The Hall–Kier alpha value is -0.780. The van der Waals surface area contributed by atoms with Crippen LogP contribution < -0.4 is 0 Å². The molecule has 0 saturated heterocycles. The molecule has 0 saturated carbocycles. The zero-order valence-corrected chi connectivity index (χ0v) is 8.03. The molecule has 0 aliphatic heterocycles. The Balaban J connectivity index is 2.86. The molecule has 0 radical (unpaired) electrons. The lowest BCUT2D eigenvalue weighted by molar-refractivity contribution is 0.684. The molecule has 12 heavy (non-hydrogen) atoms. The quantitative estimate of drug-likeness (QED) is 0.588. The summed E-state index contributed by atoms with van der Waals surface area (Å²) in [6.45, 7) is 10.1. The SMILES string of the molecule is C=CC1=C(C(=C)CC)CCCC1. The third kappa shape index (κ3) is 1.88. The summed E-state index contributed by atoms with van der Waals surface area (Å²) in [5.41, 5.74) is 4.23. The van der Waals surface area contributed by atoms with E-state index in [1.54, 1.807) is 0 Å². The highest BCUT2D eigenvalue weighted by atomic mass is 14.2. The summed E-state index contributed by atoms with van der Waals surface area (Å²) in [4.78, 5) is 0. The molecule has 0 nitrogen and oxygen atoms in total. The van der Waals surface area contributed by atoms with Crippen molar-refractivity contribution in [3.8, 4) is 0 Å². The fourth-order valence-electron chi connectivity index (χ4n) is 1.77. The lowest BCUT2D eigenvalue weighted by atomic mass is 9.87. The average molecular weight is 162 g/mol. The largest absolute Gasteiger partial charge is 0.0988 e. The van der Waals surface area contributed by atoms with E-state index in [-0.39, 0.29) is 0 Å². The van der Waals surface area contributed by atoms with Gasteiger partial charge in [0, 0.05) is 0 Å². The van der Waals surface area contributed by atoms with Crippen LogP contribution in [0.25, 0.3) is 0 Å². The maximum atomic E-state index is 4.09. The Morgan fingerprint density at radius 2 is 2.08 bits per heavy atom. The number of hydrogen-bond acceptors (Lipinski definition) is 0. The van der Waals surface area contributed by atoms with Crippen LogP contribution >= 0.6 is 0 Å². The van der Waals surface area contributed by atoms with E-state index in [1.165, 1.54) is 42.4 Å². The maximum absolute atomic E-state index is 4.09. The zero-order valence-electron chi connectivity index (χ0n) is 8.03. The van der Waals surface area contributed by atoms with Crippen LogP contribution in [-0.2, 0) is 0 Å². The molecular formula is C12H18. The standard InChI is InChI=1S/C12H18/c1-4-10(3)12-9-7-6-8-11(12)5-2/h5H,2-4,6-9H2,1H3. The van der Waals surface area contributed by atoms with Gasteiger partial charge in [-0.3, -0.25) is 0 Å². The second-order valence-corrected chi connectivity index (χ2v) is 3.37. The van der Waals surface area contributed by atoms with Crippen LogP contribution in [0, 0.1) is 0 Å². The molecule has 0 heterocycles. The molecule has 66 valence electrons. The first-order valence-corrected chi connectivity index (χ1v) is 4.82. The van der Waals surface area contributed by atoms with Crippen LogP contribution in [0.1, 0.15) is 39.0 Å². The Morgan fingerprint density at radius 3 is 2.67 bits per heavy atom. The lowest BCUT2D eigenvalue weighted by Gasteiger charge is -2.19. The molecule has 0 spiro atoms. The maximum Gasteiger partial charge on any atom is -0.0274 e. The van der Waals surface area contributed by atoms with Gasteiger partial charge in [0.05, 0.1) is 0 Å². The Kier molecular flexibility index (Phi) is 3.33. The molecule has 0 atom stereocenters. The van der Waals surface area contributed by atoms with E-state index in [0.717, 1.165) is 6.42 Å². The van der Waals surface area contributed by atoms with Gasteiger partial charge < -0.3 is 0 Å². The summed E-state index contributed by atoms with van der Waals surface area (Å²) in [6.07, 6.45) is 8.15. The summed E-state index contributed by atoms with van der Waals surface area (Å²) in [5, 5.41) is 0. The van der Waals surface area contributed by atoms with Crippen molar-refractivity contribution in [1.29, 1.82) is 0 Å². The van der Waals surface area contributed by atoms with Gasteiger partial charge in [-0.25, -0.2) is 0 Å². The first kappa shape index (κ1) is 9.31. The van der Waals surface area contributed by atoms with Crippen molar-refractivity contribution >= 4 is 0 Å². The number of hydrogen-bond donors (Lipinski definition) is 0. The lowest BCUT2D eigenvalue weighted by Crippen LogP contribution is -1.99. The van der Waals surface area contributed by atoms with Crippen LogP contribution in [0.5, 0.6) is 0 Å². The molecule has 0 fully saturated rings. The fraction of sp³-hybridized carbons (Fsp3) is 0.500. The van der Waals surface area contributed by atoms with Gasteiger partial charge in [-0.05, 0) is 43.3 Å². The summed E-state index contributed by atoms with van der Waals surface area (Å²) >= 11 is 0. The second-order valence-electron chi connectivity index (χ2n) is 3.37. The van der Waals surface area contributed by atoms with Crippen LogP contribution in [-0.4, -0.2) is 0 Å². The van der Waals surface area contributed by atoms with Gasteiger partial charge in [0.15, 0.2) is 0 Å². The molecule has 0 aromatic carbocycles. The van der Waals surface area contributed by atoms with Crippen LogP contribution in [0.2, 0.25) is 0 Å². The van der Waals surface area contributed by atoms with Gasteiger partial charge in [0.25, 0.3) is 0 Å². The molecule has 0 aromatic rings. The van der Waals surface area contributed by atoms with E-state index in [2.05, 4.69) is 20.1 Å². The fourth-order valence-corrected chi connectivity index (χ4v) is 1.77. The van der Waals surface area contributed by atoms with Crippen molar-refractivity contribution in [2.75, 3.05) is 0 Å². The predicted octanol–water partition coefficient (Wildman–Crippen LogP) is 4.01. The molecule has 0 heteroatoms. The van der Waals surface area contributed by atoms with Crippen molar-refractivity contribution in [2.24, 2.45) is 0 Å². The third-order valence-electron chi connectivity index (χ3n) is 2.61. The van der Waals surface area contributed by atoms with E-state index >= 15 is 0 Å². The van der Waals surface area contributed by atoms with Crippen LogP contribution in [0.3, 0.4) is 0 Å². The van der Waals surface area contributed by atoms with E-state index in [1.807, 2.05) is 6.08 Å². The smallest absolute Gasteiger partial charge is 0.0274 e. The molecule has 1 aliphatic carbocycles. The first-order valence-electron chi connectivity index (χ1n) is 4.82. The Morgan fingerprint density at radius 1 is 1.42 bits per heavy atom. The van der Waals surface area contributed by atoms with E-state index in [9.17, 15) is 0 Å². The van der Waals surface area contributed by atoms with Gasteiger partial charge in [-0.15, -0.1) is 0 Å². The van der Waals surface area contributed by atoms with E-state index < -0.39 is 0 Å². The first-order chi connectivity index (χ1) is 5.79. The van der Waals surface area contributed by atoms with Gasteiger partial charge in [0.1, 0.15) is 0 Å². The highest BCUT2D eigenvalue weighted by molar-refractivity contribution is 5.39. The highest BCUT2D eigenvalue weighted by Gasteiger charge is 2.11. The number of rotatable bonds is 3. The van der Waals surface area contributed by atoms with Gasteiger partial charge >= 0.3 is 0 Å². The highest BCUT2D eigenvalue weighted by Crippen LogP contribution is 2.30. The minimum Gasteiger partial charge on any atom is -0.0988 e. The molecule has 1 rings (SSSR count). The van der Waals surface area contributed by atoms with Crippen molar-refractivity contribution in [1.82, 2.24) is 0 Å². The summed E-state index contributed by atoms with van der Waals surface area (Å²) in [7, 11) is 0. The van der Waals surface area contributed by atoms with Gasteiger partial charge in [0.2, 0.25) is 0 Å². The molecule has 0 unspecified atom stereocenters. The van der Waals surface area contributed by atoms with Crippen molar-refractivity contribution < 1.29 is 0 Å². The molecule has 0 aromatic heterocycles. The molecule has 0 bridgehead atoms. The third-order valence-corrected chi connectivity index (χ3v) is 2.61. The Labute approximate surface area is 75.7 Å². The van der Waals surface area contributed by atoms with Crippen molar-refractivity contribution in [3.05, 3.63) is 36.0 Å². The monoisotopic (exact) mass is 162 g/mol. The normalized spacial score (nSPS) is 17.8. The minimum absolute atomic E-state index is 1.08. The van der Waals surface area contributed by atoms with Crippen LogP contribution in [0.15, 0.2) is 36.0 Å². The van der Waals surface area contributed by atoms with Crippen molar-refractivity contribution in [2.45, 2.75) is 39.0 Å². The Bertz CT molecular complexity index is 218. The molecular weight excluding hydrogens is 144 g/mol. The molecule has 1 aliphatic rings. The molecule has 0 amide bonds. The van der Waals surface area contributed by atoms with Gasteiger partial charge in [-0.2, -0.15) is 0 Å². The second kappa shape index (κ2) is 4.30. The van der Waals surface area contributed by atoms with Gasteiger partial charge in [-0.1, -0.05) is 31.7 Å². The average Bonchev–Trinajstić information content (AvgIpc) is 2.16. The predicted molar refractivity (Wildman–Crippen MR) is 55.1 cm³/mol. The summed E-state index contributed by atoms with van der Waals surface area (Å²) in [6, 6.07) is 0. The van der Waals surface area contributed by atoms with Crippen LogP contribution in [0.4, 0.5) is 0 Å².